The van der Waals surface area contributed by atoms with E-state index in [0.717, 1.165) is 25.2 Å². The molecule has 1 aliphatic rings. The van der Waals surface area contributed by atoms with Crippen LogP contribution < -0.4 is 21.1 Å². The lowest BCUT2D eigenvalue weighted by atomic mass is 10.1. The second kappa shape index (κ2) is 9.23. The van der Waals surface area contributed by atoms with Crippen molar-refractivity contribution in [2.75, 3.05) is 49.8 Å². The molecule has 3 heterocycles. The number of likely N-dealkylation sites (N-methyl/N-ethyl adjacent to an activating group) is 1. The Kier molecular flexibility index (Phi) is 6.23. The molecule has 8 heteroatoms. The number of carbonyl (C=O) groups excluding carboxylic acids is 1. The van der Waals surface area contributed by atoms with Gasteiger partial charge in [-0.2, -0.15) is 0 Å². The second-order valence-corrected chi connectivity index (χ2v) is 8.14. The van der Waals surface area contributed by atoms with E-state index < -0.39 is 0 Å². The number of amides is 1. The minimum Gasteiger partial charge on any atom is -0.373 e. The van der Waals surface area contributed by atoms with E-state index in [1.807, 2.05) is 30.3 Å². The Morgan fingerprint density at radius 1 is 1.19 bits per heavy atom. The third kappa shape index (κ3) is 4.65. The third-order valence-electron chi connectivity index (χ3n) is 5.84. The average molecular weight is 433 g/mol. The fraction of sp³-hybridized carbons (Fsp3) is 0.292. The number of hydrogen-bond acceptors (Lipinski definition) is 6. The maximum absolute atomic E-state index is 12.8. The maximum atomic E-state index is 12.8. The highest BCUT2D eigenvalue weighted by Gasteiger charge is 2.24. The van der Waals surface area contributed by atoms with Crippen LogP contribution in [-0.2, 0) is 0 Å². The fourth-order valence-electron chi connectivity index (χ4n) is 3.88. The predicted molar refractivity (Wildman–Crippen MR) is 129 cm³/mol. The quantitative estimate of drug-likeness (QED) is 0.555. The summed E-state index contributed by atoms with van der Waals surface area (Å²) < 4.78 is 0. The van der Waals surface area contributed by atoms with Crippen LogP contribution in [0.1, 0.15) is 16.8 Å². The molecule has 3 aromatic rings. The number of rotatable bonds is 6. The van der Waals surface area contributed by atoms with Crippen LogP contribution in [0.5, 0.6) is 0 Å². The van der Waals surface area contributed by atoms with Crippen molar-refractivity contribution < 1.29 is 4.79 Å². The van der Waals surface area contributed by atoms with Crippen LogP contribution in [0.4, 0.5) is 17.2 Å². The first-order chi connectivity index (χ1) is 15.4. The number of nitrogens with zero attached hydrogens (tertiary/aromatic N) is 3. The van der Waals surface area contributed by atoms with E-state index in [1.54, 1.807) is 31.4 Å². The molecule has 166 valence electrons. The van der Waals surface area contributed by atoms with Gasteiger partial charge in [-0.1, -0.05) is 6.07 Å². The normalized spacial score (nSPS) is 15.8. The first-order valence-corrected chi connectivity index (χ1v) is 10.7. The number of nitrogens with one attached hydrogen (secondary N) is 3. The van der Waals surface area contributed by atoms with E-state index in [-0.39, 0.29) is 17.2 Å². The molecule has 3 N–H and O–H groups in total. The van der Waals surface area contributed by atoms with Crippen molar-refractivity contribution in [1.82, 2.24) is 14.9 Å². The van der Waals surface area contributed by atoms with Crippen molar-refractivity contribution in [1.29, 1.82) is 0 Å². The van der Waals surface area contributed by atoms with Crippen molar-refractivity contribution in [2.45, 2.75) is 12.5 Å². The van der Waals surface area contributed by atoms with Crippen LogP contribution >= 0.6 is 0 Å². The average Bonchev–Trinajstić information content (AvgIpc) is 3.31. The van der Waals surface area contributed by atoms with Crippen LogP contribution in [0.2, 0.25) is 0 Å². The number of carbonyl (C=O) groups is 1. The van der Waals surface area contributed by atoms with Crippen molar-refractivity contribution in [3.63, 3.8) is 0 Å². The summed E-state index contributed by atoms with van der Waals surface area (Å²) in [5, 5.41) is 5.72. The smallest absolute Gasteiger partial charge is 0.271 e. The number of benzene rings is 1. The van der Waals surface area contributed by atoms with Crippen molar-refractivity contribution in [3.05, 3.63) is 70.6 Å². The summed E-state index contributed by atoms with van der Waals surface area (Å²) in [4.78, 5) is 36.8. The summed E-state index contributed by atoms with van der Waals surface area (Å²) in [6.07, 6.45) is 2.71. The van der Waals surface area contributed by atoms with Crippen LogP contribution in [0.25, 0.3) is 11.3 Å². The van der Waals surface area contributed by atoms with Crippen LogP contribution in [0.3, 0.4) is 0 Å². The molecule has 1 saturated heterocycles. The molecule has 8 nitrogen and oxygen atoms in total. The number of H-pyrrole nitrogens is 1. The number of anilines is 3. The minimum absolute atomic E-state index is 0.182. The fourth-order valence-corrected chi connectivity index (χ4v) is 3.88. The van der Waals surface area contributed by atoms with E-state index in [4.69, 9.17) is 0 Å². The first-order valence-electron chi connectivity index (χ1n) is 10.7. The highest BCUT2D eigenvalue weighted by atomic mass is 16.2. The van der Waals surface area contributed by atoms with Gasteiger partial charge in [0, 0.05) is 49.2 Å². The molecule has 1 amide bonds. The Hall–Kier alpha value is -3.65. The van der Waals surface area contributed by atoms with Gasteiger partial charge in [0.2, 0.25) is 0 Å². The van der Waals surface area contributed by atoms with Gasteiger partial charge in [0.25, 0.3) is 11.5 Å². The Bertz CT molecular complexity index is 1160. The van der Waals surface area contributed by atoms with E-state index in [2.05, 4.69) is 44.5 Å². The predicted octanol–water partition coefficient (Wildman–Crippen LogP) is 2.87. The Morgan fingerprint density at radius 3 is 2.66 bits per heavy atom. The lowest BCUT2D eigenvalue weighted by Gasteiger charge is -2.22. The van der Waals surface area contributed by atoms with Crippen LogP contribution in [0, 0.1) is 0 Å². The largest absolute Gasteiger partial charge is 0.373 e. The second-order valence-electron chi connectivity index (χ2n) is 8.14. The summed E-state index contributed by atoms with van der Waals surface area (Å²) in [5.74, 6) is 0.387. The molecule has 1 aliphatic heterocycles. The molecular weight excluding hydrogens is 404 g/mol. The van der Waals surface area contributed by atoms with E-state index in [9.17, 15) is 9.59 Å². The molecule has 1 atom stereocenters. The van der Waals surface area contributed by atoms with Crippen molar-refractivity contribution in [2.24, 2.45) is 0 Å². The number of hydrogen-bond donors (Lipinski definition) is 3. The Balaban J connectivity index is 1.48. The van der Waals surface area contributed by atoms with Crippen molar-refractivity contribution >= 4 is 23.1 Å². The van der Waals surface area contributed by atoms with Gasteiger partial charge >= 0.3 is 0 Å². The van der Waals surface area contributed by atoms with Crippen LogP contribution in [-0.4, -0.2) is 61.0 Å². The third-order valence-corrected chi connectivity index (χ3v) is 5.84. The van der Waals surface area contributed by atoms with Gasteiger partial charge in [0.05, 0.1) is 5.69 Å². The Morgan fingerprint density at radius 2 is 1.97 bits per heavy atom. The van der Waals surface area contributed by atoms with E-state index in [1.165, 1.54) is 0 Å². The highest BCUT2D eigenvalue weighted by molar-refractivity contribution is 6.04. The zero-order valence-corrected chi connectivity index (χ0v) is 18.6. The van der Waals surface area contributed by atoms with Gasteiger partial charge in [0.1, 0.15) is 11.5 Å². The lowest BCUT2D eigenvalue weighted by molar-refractivity contribution is 0.102. The Labute approximate surface area is 187 Å². The zero-order chi connectivity index (χ0) is 22.7. The number of aromatic nitrogens is 2. The SMILES string of the molecule is CNc1cccc(-c2c[nH]c(=O)c(NC(=O)c3ccc(N4CC[C@@H](N(C)C)C4)cc3)c2)n1. The number of aromatic amines is 1. The summed E-state index contributed by atoms with van der Waals surface area (Å²) in [7, 11) is 6.00. The molecule has 0 saturated carbocycles. The highest BCUT2D eigenvalue weighted by Crippen LogP contribution is 2.23. The molecule has 0 bridgehead atoms. The van der Waals surface area contributed by atoms with Crippen molar-refractivity contribution in [3.8, 4) is 11.3 Å². The lowest BCUT2D eigenvalue weighted by Crippen LogP contribution is -2.31. The molecule has 0 spiro atoms. The monoisotopic (exact) mass is 432 g/mol. The summed E-state index contributed by atoms with van der Waals surface area (Å²) in [6.45, 7) is 1.98. The van der Waals surface area contributed by atoms with E-state index in [0.29, 0.717) is 28.7 Å². The molecular formula is C24H28N6O2. The van der Waals surface area contributed by atoms with E-state index >= 15 is 0 Å². The van der Waals surface area contributed by atoms with Gasteiger partial charge in [-0.3, -0.25) is 9.59 Å². The van der Waals surface area contributed by atoms with Gasteiger partial charge in [-0.05, 0) is 63.0 Å². The van der Waals surface area contributed by atoms with Gasteiger partial charge in [-0.15, -0.1) is 0 Å². The molecule has 1 fully saturated rings. The molecule has 4 rings (SSSR count). The van der Waals surface area contributed by atoms with Crippen LogP contribution in [0.15, 0.2) is 59.5 Å². The molecule has 0 unspecified atom stereocenters. The first kappa shape index (κ1) is 21.6. The molecule has 0 radical (unpaired) electrons. The molecule has 2 aromatic heterocycles. The topological polar surface area (TPSA) is 93.4 Å². The molecule has 1 aromatic carbocycles. The zero-order valence-electron chi connectivity index (χ0n) is 18.6. The summed E-state index contributed by atoms with van der Waals surface area (Å²) in [6, 6.07) is 15.3. The minimum atomic E-state index is -0.365. The molecule has 0 aliphatic carbocycles. The maximum Gasteiger partial charge on any atom is 0.271 e. The van der Waals surface area contributed by atoms with Gasteiger partial charge < -0.3 is 25.4 Å². The molecule has 32 heavy (non-hydrogen) atoms. The summed E-state index contributed by atoms with van der Waals surface area (Å²) in [5.41, 5.74) is 2.81. The summed E-state index contributed by atoms with van der Waals surface area (Å²) >= 11 is 0. The standard InChI is InChI=1S/C24H28N6O2/c1-25-22-6-4-5-20(27-22)17-13-21(24(32)26-14-17)28-23(31)16-7-9-18(10-8-16)30-12-11-19(15-30)29(2)3/h4-10,13-14,19H,11-12,15H2,1-3H3,(H,25,27)(H,26,32)(H,28,31)/t19-/m1/s1. The van der Waals surface area contributed by atoms with Gasteiger partial charge in [-0.25, -0.2) is 4.98 Å². The number of pyridine rings is 2. The van der Waals surface area contributed by atoms with Gasteiger partial charge in [0.15, 0.2) is 0 Å².